The quantitative estimate of drug-likeness (QED) is 0.857. The number of nitrogens with one attached hydrogen (secondary N) is 1. The molecule has 2 rings (SSSR count). The van der Waals surface area contributed by atoms with Gasteiger partial charge in [0.2, 0.25) is 5.91 Å². The highest BCUT2D eigenvalue weighted by Gasteiger charge is 2.36. The van der Waals surface area contributed by atoms with Crippen LogP contribution in [0.1, 0.15) is 40.0 Å². The van der Waals surface area contributed by atoms with Gasteiger partial charge in [-0.05, 0) is 43.7 Å². The summed E-state index contributed by atoms with van der Waals surface area (Å²) in [5.74, 6) is 1.16. The van der Waals surface area contributed by atoms with Crippen LogP contribution in [0.2, 0.25) is 0 Å². The fraction of sp³-hybridized carbons (Fsp3) is 0.929. The van der Waals surface area contributed by atoms with E-state index in [0.29, 0.717) is 17.2 Å². The number of piperidine rings is 1. The maximum atomic E-state index is 12.4. The lowest BCUT2D eigenvalue weighted by Gasteiger charge is -2.42. The number of halogens is 1. The molecule has 0 aromatic heterocycles. The van der Waals surface area contributed by atoms with Gasteiger partial charge >= 0.3 is 0 Å². The predicted molar refractivity (Wildman–Crippen MR) is 77.0 cm³/mol. The third-order valence-electron chi connectivity index (χ3n) is 4.86. The molecule has 106 valence electrons. The minimum Gasteiger partial charge on any atom is -0.342 e. The zero-order valence-corrected chi connectivity index (χ0v) is 12.7. The molecule has 0 spiro atoms. The van der Waals surface area contributed by atoms with Crippen LogP contribution in [0.3, 0.4) is 0 Å². The first kappa shape index (κ1) is 15.8. The Hall–Kier alpha value is -0.280. The molecule has 0 aliphatic carbocycles. The molecule has 18 heavy (non-hydrogen) atoms. The highest BCUT2D eigenvalue weighted by Crippen LogP contribution is 2.33. The molecular weight excluding hydrogens is 248 g/mol. The topological polar surface area (TPSA) is 32.3 Å². The van der Waals surface area contributed by atoms with Crippen LogP contribution in [0.15, 0.2) is 0 Å². The molecule has 4 heteroatoms. The van der Waals surface area contributed by atoms with Gasteiger partial charge in [0.25, 0.3) is 0 Å². The lowest BCUT2D eigenvalue weighted by Crippen LogP contribution is -2.53. The smallest absolute Gasteiger partial charge is 0.225 e. The maximum absolute atomic E-state index is 12.4. The van der Waals surface area contributed by atoms with E-state index in [-0.39, 0.29) is 18.3 Å². The third-order valence-corrected chi connectivity index (χ3v) is 4.86. The molecule has 1 amide bonds. The summed E-state index contributed by atoms with van der Waals surface area (Å²) in [7, 11) is 0. The molecule has 0 bridgehead atoms. The largest absolute Gasteiger partial charge is 0.342 e. The summed E-state index contributed by atoms with van der Waals surface area (Å²) >= 11 is 0. The van der Waals surface area contributed by atoms with E-state index in [1.165, 1.54) is 19.3 Å². The van der Waals surface area contributed by atoms with Gasteiger partial charge in [-0.15, -0.1) is 12.4 Å². The number of carbonyl (C=O) groups is 1. The molecule has 1 N–H and O–H groups in total. The van der Waals surface area contributed by atoms with Crippen molar-refractivity contribution < 1.29 is 4.79 Å². The van der Waals surface area contributed by atoms with Crippen molar-refractivity contribution in [2.24, 2.45) is 17.3 Å². The van der Waals surface area contributed by atoms with E-state index in [4.69, 9.17) is 0 Å². The van der Waals surface area contributed by atoms with Crippen molar-refractivity contribution in [3.63, 3.8) is 0 Å². The summed E-state index contributed by atoms with van der Waals surface area (Å²) in [6.45, 7) is 10.6. The molecule has 0 aromatic rings. The molecule has 2 unspecified atom stereocenters. The molecule has 0 radical (unpaired) electrons. The Labute approximate surface area is 117 Å². The van der Waals surface area contributed by atoms with Crippen LogP contribution >= 0.6 is 12.4 Å². The molecular formula is C14H27ClN2O. The minimum atomic E-state index is 0. The lowest BCUT2D eigenvalue weighted by atomic mass is 9.78. The summed E-state index contributed by atoms with van der Waals surface area (Å²) in [6.07, 6.45) is 3.62. The maximum Gasteiger partial charge on any atom is 0.225 e. The van der Waals surface area contributed by atoms with Crippen LogP contribution in [0.5, 0.6) is 0 Å². The zero-order valence-electron chi connectivity index (χ0n) is 11.9. The SMILES string of the molecule is CCC1(C)CCCN(C(=O)C(C)C2CNC2)C1.Cl. The molecule has 2 aliphatic rings. The van der Waals surface area contributed by atoms with Gasteiger partial charge in [-0.3, -0.25) is 4.79 Å². The number of likely N-dealkylation sites (tertiary alicyclic amines) is 1. The van der Waals surface area contributed by atoms with Crippen molar-refractivity contribution in [2.75, 3.05) is 26.2 Å². The van der Waals surface area contributed by atoms with Crippen LogP contribution in [0.4, 0.5) is 0 Å². The number of carbonyl (C=O) groups excluding carboxylic acids is 1. The van der Waals surface area contributed by atoms with E-state index in [2.05, 4.69) is 31.0 Å². The van der Waals surface area contributed by atoms with Gasteiger partial charge in [-0.2, -0.15) is 0 Å². The Morgan fingerprint density at radius 3 is 2.67 bits per heavy atom. The van der Waals surface area contributed by atoms with Crippen LogP contribution in [-0.2, 0) is 4.79 Å². The summed E-state index contributed by atoms with van der Waals surface area (Å²) in [5.41, 5.74) is 0.353. The average molecular weight is 275 g/mol. The summed E-state index contributed by atoms with van der Waals surface area (Å²) in [4.78, 5) is 14.6. The van der Waals surface area contributed by atoms with Gasteiger partial charge in [-0.25, -0.2) is 0 Å². The number of amides is 1. The molecule has 2 atom stereocenters. The Kier molecular flexibility index (Phi) is 5.47. The highest BCUT2D eigenvalue weighted by molar-refractivity contribution is 5.85. The summed E-state index contributed by atoms with van der Waals surface area (Å²) in [5, 5.41) is 3.26. The molecule has 2 aliphatic heterocycles. The first-order chi connectivity index (χ1) is 8.06. The number of hydrogen-bond donors (Lipinski definition) is 1. The molecule has 3 nitrogen and oxygen atoms in total. The van der Waals surface area contributed by atoms with Crippen molar-refractivity contribution >= 4 is 18.3 Å². The van der Waals surface area contributed by atoms with Crippen LogP contribution in [0.25, 0.3) is 0 Å². The minimum absolute atomic E-state index is 0. The van der Waals surface area contributed by atoms with Crippen LogP contribution in [-0.4, -0.2) is 37.0 Å². The van der Waals surface area contributed by atoms with Crippen LogP contribution in [0, 0.1) is 17.3 Å². The second-order valence-corrected chi connectivity index (χ2v) is 6.23. The standard InChI is InChI=1S/C14H26N2O.ClH/c1-4-14(3)6-5-7-16(10-14)13(17)11(2)12-8-15-9-12;/h11-12,15H,4-10H2,1-3H3;1H. The van der Waals surface area contributed by atoms with Gasteiger partial charge in [0.05, 0.1) is 0 Å². The molecule has 0 saturated carbocycles. The fourth-order valence-electron chi connectivity index (χ4n) is 2.95. The second-order valence-electron chi connectivity index (χ2n) is 6.23. The van der Waals surface area contributed by atoms with Gasteiger partial charge in [0.1, 0.15) is 0 Å². The fourth-order valence-corrected chi connectivity index (χ4v) is 2.95. The Balaban J connectivity index is 0.00000162. The monoisotopic (exact) mass is 274 g/mol. The number of rotatable bonds is 3. The van der Waals surface area contributed by atoms with Gasteiger partial charge < -0.3 is 10.2 Å². The Morgan fingerprint density at radius 1 is 1.50 bits per heavy atom. The van der Waals surface area contributed by atoms with E-state index in [1.807, 2.05) is 0 Å². The van der Waals surface area contributed by atoms with Crippen molar-refractivity contribution in [1.82, 2.24) is 10.2 Å². The average Bonchev–Trinajstić information content (AvgIpc) is 2.26. The van der Waals surface area contributed by atoms with E-state index in [0.717, 1.165) is 26.2 Å². The molecule has 2 saturated heterocycles. The Morgan fingerprint density at radius 2 is 2.17 bits per heavy atom. The first-order valence-corrected chi connectivity index (χ1v) is 7.05. The van der Waals surface area contributed by atoms with Gasteiger partial charge in [-0.1, -0.05) is 20.8 Å². The molecule has 0 aromatic carbocycles. The third kappa shape index (κ3) is 3.18. The summed E-state index contributed by atoms with van der Waals surface area (Å²) < 4.78 is 0. The van der Waals surface area contributed by atoms with Crippen molar-refractivity contribution in [2.45, 2.75) is 40.0 Å². The summed E-state index contributed by atoms with van der Waals surface area (Å²) in [6, 6.07) is 0. The number of nitrogens with zero attached hydrogens (tertiary/aromatic N) is 1. The van der Waals surface area contributed by atoms with E-state index >= 15 is 0 Å². The Bertz CT molecular complexity index is 294. The van der Waals surface area contributed by atoms with Gasteiger partial charge in [0.15, 0.2) is 0 Å². The second kappa shape index (κ2) is 6.25. The van der Waals surface area contributed by atoms with E-state index in [1.54, 1.807) is 0 Å². The van der Waals surface area contributed by atoms with E-state index in [9.17, 15) is 4.79 Å². The van der Waals surface area contributed by atoms with Crippen molar-refractivity contribution in [3.8, 4) is 0 Å². The van der Waals surface area contributed by atoms with Gasteiger partial charge in [0, 0.05) is 19.0 Å². The lowest BCUT2D eigenvalue weighted by molar-refractivity contribution is -0.140. The van der Waals surface area contributed by atoms with E-state index < -0.39 is 0 Å². The molecule has 2 fully saturated rings. The van der Waals surface area contributed by atoms with Crippen LogP contribution < -0.4 is 5.32 Å². The van der Waals surface area contributed by atoms with Crippen molar-refractivity contribution in [1.29, 1.82) is 0 Å². The van der Waals surface area contributed by atoms with Crippen molar-refractivity contribution in [3.05, 3.63) is 0 Å². The normalized spacial score (nSPS) is 30.3. The zero-order chi connectivity index (χ0) is 12.5. The number of hydrogen-bond acceptors (Lipinski definition) is 2. The molecule has 2 heterocycles. The highest BCUT2D eigenvalue weighted by atomic mass is 35.5. The first-order valence-electron chi connectivity index (χ1n) is 7.05. The predicted octanol–water partition coefficient (Wildman–Crippen LogP) is 2.30.